The van der Waals surface area contributed by atoms with Crippen molar-refractivity contribution in [1.29, 1.82) is 0 Å². The van der Waals surface area contributed by atoms with Gasteiger partial charge in [0.15, 0.2) is 0 Å². The standard InChI is InChI=1S/C17H32N2O3/c1-17(2,3)14-16(20)19(15-4-10-21-11-5-15)7-6-18-8-12-22-13-9-18/h15H,4-14H2,1-3H3. The van der Waals surface area contributed by atoms with Crippen LogP contribution in [0, 0.1) is 5.41 Å². The van der Waals surface area contributed by atoms with Gasteiger partial charge in [0.2, 0.25) is 5.91 Å². The molecule has 2 rings (SSSR count). The van der Waals surface area contributed by atoms with Gasteiger partial charge in [-0.3, -0.25) is 9.69 Å². The monoisotopic (exact) mass is 312 g/mol. The number of hydrogen-bond donors (Lipinski definition) is 0. The summed E-state index contributed by atoms with van der Waals surface area (Å²) in [7, 11) is 0. The summed E-state index contributed by atoms with van der Waals surface area (Å²) < 4.78 is 10.9. The maximum Gasteiger partial charge on any atom is 0.223 e. The number of ether oxygens (including phenoxy) is 2. The number of carbonyl (C=O) groups is 1. The second-order valence-corrected chi connectivity index (χ2v) is 7.62. The van der Waals surface area contributed by atoms with Crippen LogP contribution in [0.5, 0.6) is 0 Å². The van der Waals surface area contributed by atoms with Crippen molar-refractivity contribution in [1.82, 2.24) is 9.80 Å². The Bertz CT molecular complexity index is 342. The summed E-state index contributed by atoms with van der Waals surface area (Å²) >= 11 is 0. The number of morpholine rings is 1. The first kappa shape index (κ1) is 17.7. The van der Waals surface area contributed by atoms with Crippen molar-refractivity contribution in [3.63, 3.8) is 0 Å². The molecule has 2 aliphatic heterocycles. The molecule has 0 aromatic rings. The van der Waals surface area contributed by atoms with Gasteiger partial charge < -0.3 is 14.4 Å². The van der Waals surface area contributed by atoms with Crippen molar-refractivity contribution >= 4 is 5.91 Å². The molecule has 1 amide bonds. The average Bonchev–Trinajstić information content (AvgIpc) is 2.48. The largest absolute Gasteiger partial charge is 0.381 e. The second-order valence-electron chi connectivity index (χ2n) is 7.62. The topological polar surface area (TPSA) is 42.0 Å². The highest BCUT2D eigenvalue weighted by atomic mass is 16.5. The molecule has 0 atom stereocenters. The highest BCUT2D eigenvalue weighted by Gasteiger charge is 2.28. The van der Waals surface area contributed by atoms with Gasteiger partial charge in [-0.2, -0.15) is 0 Å². The Kier molecular flexibility index (Phi) is 6.66. The van der Waals surface area contributed by atoms with Gasteiger partial charge in [0.05, 0.1) is 13.2 Å². The Morgan fingerprint density at radius 1 is 1.09 bits per heavy atom. The number of hydrogen-bond acceptors (Lipinski definition) is 4. The molecular formula is C17H32N2O3. The first-order chi connectivity index (χ1) is 10.5. The van der Waals surface area contributed by atoms with E-state index in [4.69, 9.17) is 9.47 Å². The lowest BCUT2D eigenvalue weighted by atomic mass is 9.91. The van der Waals surface area contributed by atoms with Crippen LogP contribution in [0.25, 0.3) is 0 Å². The maximum absolute atomic E-state index is 12.8. The van der Waals surface area contributed by atoms with Crippen LogP contribution in [0.15, 0.2) is 0 Å². The first-order valence-electron chi connectivity index (χ1n) is 8.63. The average molecular weight is 312 g/mol. The molecule has 0 aromatic heterocycles. The fourth-order valence-electron chi connectivity index (χ4n) is 3.14. The van der Waals surface area contributed by atoms with Crippen LogP contribution in [-0.2, 0) is 14.3 Å². The summed E-state index contributed by atoms with van der Waals surface area (Å²) in [5.41, 5.74) is 0.0411. The molecule has 22 heavy (non-hydrogen) atoms. The molecule has 5 heteroatoms. The van der Waals surface area contributed by atoms with E-state index in [0.717, 1.165) is 65.4 Å². The Hall–Kier alpha value is -0.650. The molecule has 0 aromatic carbocycles. The summed E-state index contributed by atoms with van der Waals surface area (Å²) in [4.78, 5) is 17.3. The van der Waals surface area contributed by atoms with Crippen molar-refractivity contribution in [2.75, 3.05) is 52.6 Å². The molecule has 0 radical (unpaired) electrons. The smallest absolute Gasteiger partial charge is 0.223 e. The lowest BCUT2D eigenvalue weighted by Crippen LogP contribution is -2.49. The molecule has 128 valence electrons. The van der Waals surface area contributed by atoms with Gasteiger partial charge in [-0.15, -0.1) is 0 Å². The van der Waals surface area contributed by atoms with Gasteiger partial charge in [-0.1, -0.05) is 20.8 Å². The van der Waals surface area contributed by atoms with Crippen LogP contribution in [0.2, 0.25) is 0 Å². The first-order valence-corrected chi connectivity index (χ1v) is 8.63. The van der Waals surface area contributed by atoms with Gasteiger partial charge in [0.25, 0.3) is 0 Å². The molecule has 0 N–H and O–H groups in total. The molecule has 0 aliphatic carbocycles. The number of carbonyl (C=O) groups excluding carboxylic acids is 1. The molecule has 2 heterocycles. The Labute approximate surface area is 134 Å². The predicted octanol–water partition coefficient (Wildman–Crippen LogP) is 1.76. The predicted molar refractivity (Wildman–Crippen MR) is 86.9 cm³/mol. The van der Waals surface area contributed by atoms with E-state index in [9.17, 15) is 4.79 Å². The van der Waals surface area contributed by atoms with Gasteiger partial charge in [-0.25, -0.2) is 0 Å². The van der Waals surface area contributed by atoms with Crippen LogP contribution in [0.3, 0.4) is 0 Å². The van der Waals surface area contributed by atoms with Crippen molar-refractivity contribution in [3.05, 3.63) is 0 Å². The van der Waals surface area contributed by atoms with E-state index in [1.165, 1.54) is 0 Å². The van der Waals surface area contributed by atoms with E-state index in [2.05, 4.69) is 30.6 Å². The Morgan fingerprint density at radius 2 is 1.68 bits per heavy atom. The molecule has 0 unspecified atom stereocenters. The molecule has 2 aliphatic rings. The molecular weight excluding hydrogens is 280 g/mol. The van der Waals surface area contributed by atoms with Gasteiger partial charge >= 0.3 is 0 Å². The minimum atomic E-state index is 0.0411. The lowest BCUT2D eigenvalue weighted by molar-refractivity contribution is -0.137. The molecule has 2 fully saturated rings. The normalized spacial score (nSPS) is 21.8. The SMILES string of the molecule is CC(C)(C)CC(=O)N(CCN1CCOCC1)C1CCOCC1. The molecule has 5 nitrogen and oxygen atoms in total. The molecule has 0 saturated carbocycles. The van der Waals surface area contributed by atoms with Crippen molar-refractivity contribution in [3.8, 4) is 0 Å². The van der Waals surface area contributed by atoms with E-state index >= 15 is 0 Å². The van der Waals surface area contributed by atoms with E-state index < -0.39 is 0 Å². The number of amides is 1. The van der Waals surface area contributed by atoms with Crippen LogP contribution < -0.4 is 0 Å². The van der Waals surface area contributed by atoms with Crippen LogP contribution >= 0.6 is 0 Å². The Morgan fingerprint density at radius 3 is 2.27 bits per heavy atom. The minimum Gasteiger partial charge on any atom is -0.381 e. The lowest BCUT2D eigenvalue weighted by Gasteiger charge is -2.37. The minimum absolute atomic E-state index is 0.0411. The fourth-order valence-corrected chi connectivity index (χ4v) is 3.14. The third-order valence-electron chi connectivity index (χ3n) is 4.39. The molecule has 0 spiro atoms. The number of nitrogens with zero attached hydrogens (tertiary/aromatic N) is 2. The number of rotatable bonds is 5. The van der Waals surface area contributed by atoms with Crippen LogP contribution in [0.1, 0.15) is 40.0 Å². The van der Waals surface area contributed by atoms with Gasteiger partial charge in [0.1, 0.15) is 0 Å². The summed E-state index contributed by atoms with van der Waals surface area (Å²) in [5.74, 6) is 0.299. The zero-order chi connectivity index (χ0) is 16.0. The second kappa shape index (κ2) is 8.27. The zero-order valence-electron chi connectivity index (χ0n) is 14.5. The molecule has 2 saturated heterocycles. The van der Waals surface area contributed by atoms with E-state index in [0.29, 0.717) is 18.4 Å². The van der Waals surface area contributed by atoms with Crippen molar-refractivity contribution in [2.45, 2.75) is 46.1 Å². The quantitative estimate of drug-likeness (QED) is 0.776. The van der Waals surface area contributed by atoms with E-state index in [-0.39, 0.29) is 5.41 Å². The summed E-state index contributed by atoms with van der Waals surface area (Å²) in [5, 5.41) is 0. The van der Waals surface area contributed by atoms with Gasteiger partial charge in [-0.05, 0) is 18.3 Å². The van der Waals surface area contributed by atoms with Gasteiger partial charge in [0, 0.05) is 51.9 Å². The fraction of sp³-hybridized carbons (Fsp3) is 0.941. The molecule has 0 bridgehead atoms. The summed E-state index contributed by atoms with van der Waals surface area (Å²) in [6.45, 7) is 13.3. The van der Waals surface area contributed by atoms with Crippen molar-refractivity contribution in [2.24, 2.45) is 5.41 Å². The van der Waals surface area contributed by atoms with E-state index in [1.807, 2.05) is 0 Å². The Balaban J connectivity index is 1.92. The summed E-state index contributed by atoms with van der Waals surface area (Å²) in [6.07, 6.45) is 2.56. The zero-order valence-corrected chi connectivity index (χ0v) is 14.5. The van der Waals surface area contributed by atoms with Crippen molar-refractivity contribution < 1.29 is 14.3 Å². The van der Waals surface area contributed by atoms with Crippen LogP contribution in [-0.4, -0.2) is 74.4 Å². The highest BCUT2D eigenvalue weighted by molar-refractivity contribution is 5.77. The summed E-state index contributed by atoms with van der Waals surface area (Å²) in [6, 6.07) is 0.352. The van der Waals surface area contributed by atoms with Crippen LogP contribution in [0.4, 0.5) is 0 Å². The third kappa shape index (κ3) is 5.86. The van der Waals surface area contributed by atoms with E-state index in [1.54, 1.807) is 0 Å². The maximum atomic E-state index is 12.8. The highest BCUT2D eigenvalue weighted by Crippen LogP contribution is 2.23. The third-order valence-corrected chi connectivity index (χ3v) is 4.39.